The van der Waals surface area contributed by atoms with Crippen molar-refractivity contribution < 1.29 is 14.3 Å². The number of anilines is 2. The molecule has 0 aliphatic heterocycles. The number of thiophene rings is 1. The van der Waals surface area contributed by atoms with E-state index in [0.717, 1.165) is 45.8 Å². The Morgan fingerprint density at radius 2 is 2.23 bits per heavy atom. The van der Waals surface area contributed by atoms with Gasteiger partial charge in [-0.2, -0.15) is 0 Å². The van der Waals surface area contributed by atoms with Crippen molar-refractivity contribution in [3.63, 3.8) is 0 Å². The van der Waals surface area contributed by atoms with E-state index in [9.17, 15) is 4.79 Å². The zero-order valence-corrected chi connectivity index (χ0v) is 18.7. The number of methoxy groups -OCH3 is 1. The first kappa shape index (κ1) is 19.3. The lowest BCUT2D eigenvalue weighted by Crippen LogP contribution is -2.23. The molecule has 0 amide bonds. The zero-order chi connectivity index (χ0) is 20.8. The Balaban J connectivity index is 1.52. The highest BCUT2D eigenvalue weighted by atomic mass is 32.1. The lowest BCUT2D eigenvalue weighted by Gasteiger charge is -2.21. The standard InChI is InChI=1S/C21H22N4O3S2/c1-4-28-21(26)11-5-6-12-16(7-11)29-20-18(12)19(22-10-23-20)24-13-8-17-14(25(2)30-17)9-15(13)27-3/h8-11H,4-7H2,1-3H3,(H,22,23,24)/t11-/m0/s1. The maximum absolute atomic E-state index is 12.2. The second-order valence-corrected chi connectivity index (χ2v) is 9.59. The summed E-state index contributed by atoms with van der Waals surface area (Å²) in [6, 6.07) is 4.14. The number of carbonyl (C=O) groups excluding carboxylic acids is 1. The van der Waals surface area contributed by atoms with Crippen LogP contribution in [0.3, 0.4) is 0 Å². The molecule has 7 nitrogen and oxygen atoms in total. The molecule has 1 aliphatic rings. The second kappa shape index (κ2) is 7.55. The number of hydrogen-bond acceptors (Lipinski definition) is 8. The Labute approximate surface area is 181 Å². The quantitative estimate of drug-likeness (QED) is 0.453. The lowest BCUT2D eigenvalue weighted by atomic mass is 9.88. The summed E-state index contributed by atoms with van der Waals surface area (Å²) < 4.78 is 14.2. The molecule has 3 heterocycles. The molecule has 3 aromatic heterocycles. The molecule has 0 saturated heterocycles. The summed E-state index contributed by atoms with van der Waals surface area (Å²) in [6.07, 6.45) is 3.91. The van der Waals surface area contributed by atoms with Gasteiger partial charge in [-0.05, 0) is 37.8 Å². The van der Waals surface area contributed by atoms with Crippen LogP contribution in [-0.2, 0) is 29.4 Å². The number of ether oxygens (including phenoxy) is 2. The highest BCUT2D eigenvalue weighted by Crippen LogP contribution is 2.42. The third kappa shape index (κ3) is 3.13. The third-order valence-electron chi connectivity index (χ3n) is 5.57. The molecule has 1 aromatic carbocycles. The number of aromatic nitrogens is 3. The summed E-state index contributed by atoms with van der Waals surface area (Å²) in [5, 5.41) is 4.53. The number of fused-ring (bicyclic) bond motifs is 4. The molecular formula is C21H22N4O3S2. The Morgan fingerprint density at radius 3 is 3.00 bits per heavy atom. The molecule has 0 saturated carbocycles. The summed E-state index contributed by atoms with van der Waals surface area (Å²) >= 11 is 3.35. The minimum Gasteiger partial charge on any atom is -0.494 e. The maximum Gasteiger partial charge on any atom is 0.309 e. The molecule has 0 spiro atoms. The van der Waals surface area contributed by atoms with Crippen molar-refractivity contribution in [3.05, 3.63) is 28.9 Å². The largest absolute Gasteiger partial charge is 0.494 e. The van der Waals surface area contributed by atoms with Gasteiger partial charge in [0.2, 0.25) is 0 Å². The predicted octanol–water partition coefficient (Wildman–Crippen LogP) is 4.66. The molecule has 30 heavy (non-hydrogen) atoms. The van der Waals surface area contributed by atoms with Crippen LogP contribution in [0.5, 0.6) is 5.75 Å². The minimum absolute atomic E-state index is 0.0723. The van der Waals surface area contributed by atoms with Crippen molar-refractivity contribution in [1.29, 1.82) is 0 Å². The molecule has 0 radical (unpaired) electrons. The first-order chi connectivity index (χ1) is 14.6. The number of hydrogen-bond donors (Lipinski definition) is 1. The summed E-state index contributed by atoms with van der Waals surface area (Å²) in [5.41, 5.74) is 3.29. The van der Waals surface area contributed by atoms with E-state index in [1.54, 1.807) is 36.3 Å². The van der Waals surface area contributed by atoms with Gasteiger partial charge in [0.1, 0.15) is 22.7 Å². The first-order valence-electron chi connectivity index (χ1n) is 9.91. The third-order valence-corrected chi connectivity index (χ3v) is 7.73. The average molecular weight is 443 g/mol. The van der Waals surface area contributed by atoms with Gasteiger partial charge in [0, 0.05) is 18.0 Å². The summed E-state index contributed by atoms with van der Waals surface area (Å²) in [6.45, 7) is 2.27. The molecule has 0 fully saturated rings. The normalized spacial score (nSPS) is 16.0. The molecule has 0 unspecified atom stereocenters. The van der Waals surface area contributed by atoms with Crippen LogP contribution in [0.4, 0.5) is 11.5 Å². The highest BCUT2D eigenvalue weighted by Gasteiger charge is 2.30. The number of benzene rings is 1. The van der Waals surface area contributed by atoms with E-state index in [1.165, 1.54) is 15.1 Å². The van der Waals surface area contributed by atoms with Crippen molar-refractivity contribution in [2.24, 2.45) is 13.0 Å². The number of nitrogens with zero attached hydrogens (tertiary/aromatic N) is 3. The SMILES string of the molecule is CCOC(=O)[C@H]1CCc2c(sc3ncnc(Nc4cc5sn(C)c5cc4OC)c23)C1. The van der Waals surface area contributed by atoms with Crippen molar-refractivity contribution in [2.75, 3.05) is 19.0 Å². The molecule has 9 heteroatoms. The Morgan fingerprint density at radius 1 is 1.37 bits per heavy atom. The number of esters is 1. The van der Waals surface area contributed by atoms with Crippen LogP contribution >= 0.6 is 22.9 Å². The van der Waals surface area contributed by atoms with Crippen LogP contribution in [-0.4, -0.2) is 33.6 Å². The van der Waals surface area contributed by atoms with Gasteiger partial charge >= 0.3 is 5.97 Å². The number of nitrogens with one attached hydrogen (secondary N) is 1. The lowest BCUT2D eigenvalue weighted by molar-refractivity contribution is -0.148. The van der Waals surface area contributed by atoms with Crippen LogP contribution in [0.25, 0.3) is 20.4 Å². The van der Waals surface area contributed by atoms with Crippen molar-refractivity contribution >= 4 is 60.8 Å². The number of aryl methyl sites for hydroxylation is 2. The van der Waals surface area contributed by atoms with Crippen LogP contribution in [0, 0.1) is 5.92 Å². The van der Waals surface area contributed by atoms with Gasteiger partial charge in [-0.1, -0.05) is 11.5 Å². The van der Waals surface area contributed by atoms with E-state index in [0.29, 0.717) is 13.0 Å². The topological polar surface area (TPSA) is 78.3 Å². The van der Waals surface area contributed by atoms with E-state index in [4.69, 9.17) is 9.47 Å². The molecule has 1 aliphatic carbocycles. The Kier molecular flexibility index (Phi) is 4.86. The fraction of sp³-hybridized carbons (Fsp3) is 0.381. The molecule has 4 aromatic rings. The summed E-state index contributed by atoms with van der Waals surface area (Å²) in [4.78, 5) is 23.4. The minimum atomic E-state index is -0.0979. The van der Waals surface area contributed by atoms with Crippen LogP contribution in [0.1, 0.15) is 23.8 Å². The first-order valence-corrected chi connectivity index (χ1v) is 11.5. The van der Waals surface area contributed by atoms with Crippen molar-refractivity contribution in [2.45, 2.75) is 26.2 Å². The second-order valence-electron chi connectivity index (χ2n) is 7.33. The molecule has 5 rings (SSSR count). The highest BCUT2D eigenvalue weighted by molar-refractivity contribution is 7.19. The smallest absolute Gasteiger partial charge is 0.309 e. The van der Waals surface area contributed by atoms with Gasteiger partial charge in [-0.3, -0.25) is 8.75 Å². The number of carbonyl (C=O) groups is 1. The van der Waals surface area contributed by atoms with Gasteiger partial charge in [-0.15, -0.1) is 11.3 Å². The van der Waals surface area contributed by atoms with E-state index in [1.807, 2.05) is 20.0 Å². The predicted molar refractivity (Wildman–Crippen MR) is 120 cm³/mol. The number of rotatable bonds is 5. The van der Waals surface area contributed by atoms with Gasteiger partial charge in [0.15, 0.2) is 0 Å². The maximum atomic E-state index is 12.2. The molecule has 1 N–H and O–H groups in total. The van der Waals surface area contributed by atoms with E-state index in [-0.39, 0.29) is 11.9 Å². The Bertz CT molecular complexity index is 1260. The summed E-state index contributed by atoms with van der Waals surface area (Å²) in [5.74, 6) is 1.39. The van der Waals surface area contributed by atoms with E-state index >= 15 is 0 Å². The summed E-state index contributed by atoms with van der Waals surface area (Å²) in [7, 11) is 3.71. The monoisotopic (exact) mass is 442 g/mol. The average Bonchev–Trinajstić information content (AvgIpc) is 3.12. The van der Waals surface area contributed by atoms with Gasteiger partial charge in [-0.25, -0.2) is 9.97 Å². The van der Waals surface area contributed by atoms with Gasteiger partial charge in [0.25, 0.3) is 0 Å². The fourth-order valence-electron chi connectivity index (χ4n) is 4.09. The molecular weight excluding hydrogens is 420 g/mol. The van der Waals surface area contributed by atoms with Gasteiger partial charge < -0.3 is 14.8 Å². The van der Waals surface area contributed by atoms with E-state index < -0.39 is 0 Å². The van der Waals surface area contributed by atoms with Crippen LogP contribution in [0.15, 0.2) is 18.5 Å². The molecule has 0 bridgehead atoms. The zero-order valence-electron chi connectivity index (χ0n) is 17.0. The van der Waals surface area contributed by atoms with Crippen LogP contribution < -0.4 is 10.1 Å². The van der Waals surface area contributed by atoms with Crippen LogP contribution in [0.2, 0.25) is 0 Å². The van der Waals surface area contributed by atoms with Crippen molar-refractivity contribution in [3.8, 4) is 5.75 Å². The van der Waals surface area contributed by atoms with Gasteiger partial charge in [0.05, 0.1) is 40.9 Å². The van der Waals surface area contributed by atoms with Crippen molar-refractivity contribution in [1.82, 2.24) is 13.9 Å². The molecule has 1 atom stereocenters. The Hall–Kier alpha value is -2.65. The molecule has 156 valence electrons. The fourth-order valence-corrected chi connectivity index (χ4v) is 6.23. The van der Waals surface area contributed by atoms with E-state index in [2.05, 4.69) is 25.3 Å².